The molecule has 130 valence electrons. The molecule has 0 bridgehead atoms. The molecule has 6 nitrogen and oxygen atoms in total. The molecule has 0 aliphatic carbocycles. The number of anilines is 1. The number of piperidine rings is 1. The van der Waals surface area contributed by atoms with Crippen LogP contribution in [0.25, 0.3) is 0 Å². The van der Waals surface area contributed by atoms with Crippen molar-refractivity contribution in [1.82, 2.24) is 14.3 Å². The Hall–Kier alpha value is -1.28. The molecule has 1 aromatic heterocycles. The largest absolute Gasteiger partial charge is 0.353 e. The molecule has 1 unspecified atom stereocenters. The van der Waals surface area contributed by atoms with E-state index in [1.165, 1.54) is 10.6 Å². The first-order valence-electron chi connectivity index (χ1n) is 7.99. The summed E-state index contributed by atoms with van der Waals surface area (Å²) in [5.41, 5.74) is 0.385. The van der Waals surface area contributed by atoms with Crippen LogP contribution in [0, 0.1) is 5.82 Å². The third-order valence-electron chi connectivity index (χ3n) is 4.34. The van der Waals surface area contributed by atoms with E-state index < -0.39 is 15.8 Å². The highest BCUT2D eigenvalue weighted by atomic mass is 32.2. The highest BCUT2D eigenvalue weighted by Crippen LogP contribution is 2.26. The molecule has 1 fully saturated rings. The van der Waals surface area contributed by atoms with E-state index in [-0.39, 0.29) is 23.5 Å². The molecule has 0 amide bonds. The number of rotatable bonds is 5. The van der Waals surface area contributed by atoms with Gasteiger partial charge >= 0.3 is 0 Å². The van der Waals surface area contributed by atoms with Crippen LogP contribution in [0.3, 0.4) is 0 Å². The monoisotopic (exact) mass is 344 g/mol. The van der Waals surface area contributed by atoms with Gasteiger partial charge in [-0.15, -0.1) is 0 Å². The first-order valence-corrected chi connectivity index (χ1v) is 9.59. The lowest BCUT2D eigenvalue weighted by Crippen LogP contribution is -2.49. The molecule has 0 spiro atoms. The third-order valence-corrected chi connectivity index (χ3v) is 6.19. The van der Waals surface area contributed by atoms with Crippen molar-refractivity contribution in [3.8, 4) is 0 Å². The van der Waals surface area contributed by atoms with E-state index in [1.54, 1.807) is 18.9 Å². The number of likely N-dealkylation sites (N-methyl/N-ethyl adjacent to an activating group) is 1. The van der Waals surface area contributed by atoms with E-state index in [1.807, 2.05) is 13.8 Å². The summed E-state index contributed by atoms with van der Waals surface area (Å²) < 4.78 is 40.3. The fraction of sp³-hybridized carbons (Fsp3) is 0.733. The molecule has 1 aromatic rings. The number of hydrogen-bond acceptors (Lipinski definition) is 5. The van der Waals surface area contributed by atoms with E-state index in [0.717, 1.165) is 12.8 Å². The molecule has 1 aliphatic heterocycles. The summed E-state index contributed by atoms with van der Waals surface area (Å²) in [5, 5.41) is 0. The van der Waals surface area contributed by atoms with E-state index in [0.29, 0.717) is 18.8 Å². The van der Waals surface area contributed by atoms with Gasteiger partial charge in [0.05, 0.1) is 11.4 Å². The zero-order valence-electron chi connectivity index (χ0n) is 14.2. The van der Waals surface area contributed by atoms with Crippen molar-refractivity contribution in [3.05, 3.63) is 17.8 Å². The number of sulfonamides is 1. The van der Waals surface area contributed by atoms with Gasteiger partial charge in [0.25, 0.3) is 0 Å². The number of nitrogens with zero attached hydrogens (tertiary/aromatic N) is 4. The Bertz CT molecular complexity index is 651. The molecule has 1 aliphatic rings. The molecule has 23 heavy (non-hydrogen) atoms. The van der Waals surface area contributed by atoms with E-state index in [2.05, 4.69) is 9.97 Å². The lowest BCUT2D eigenvalue weighted by molar-refractivity contribution is 0.309. The molecule has 0 saturated carbocycles. The van der Waals surface area contributed by atoms with Gasteiger partial charge in [0.2, 0.25) is 10.0 Å². The highest BCUT2D eigenvalue weighted by Gasteiger charge is 2.31. The molecular formula is C15H25FN4O2S. The highest BCUT2D eigenvalue weighted by molar-refractivity contribution is 7.89. The normalized spacial score (nSPS) is 20.0. The standard InChI is InChI=1S/C15H25FN4O2S/c1-5-23(21,22)20-8-6-7-12(9-20)19(4)15-13(16)14(11(2)3)17-10-18-15/h10-12H,5-9H2,1-4H3. The molecule has 2 rings (SSSR count). The molecule has 0 aromatic carbocycles. The SMILES string of the molecule is CCS(=O)(=O)N1CCCC(N(C)c2ncnc(C(C)C)c2F)C1. The van der Waals surface area contributed by atoms with Gasteiger partial charge in [0, 0.05) is 26.2 Å². The van der Waals surface area contributed by atoms with Crippen LogP contribution in [-0.4, -0.2) is 54.6 Å². The lowest BCUT2D eigenvalue weighted by Gasteiger charge is -2.37. The van der Waals surface area contributed by atoms with Gasteiger partial charge in [-0.3, -0.25) is 0 Å². The molecule has 8 heteroatoms. The van der Waals surface area contributed by atoms with Crippen LogP contribution in [0.15, 0.2) is 6.33 Å². The van der Waals surface area contributed by atoms with Crippen LogP contribution in [-0.2, 0) is 10.0 Å². The van der Waals surface area contributed by atoms with Crippen LogP contribution in [0.2, 0.25) is 0 Å². The van der Waals surface area contributed by atoms with Crippen LogP contribution < -0.4 is 4.90 Å². The third kappa shape index (κ3) is 3.80. The number of halogens is 1. The van der Waals surface area contributed by atoms with Crippen LogP contribution in [0.4, 0.5) is 10.2 Å². The van der Waals surface area contributed by atoms with Crippen LogP contribution >= 0.6 is 0 Å². The lowest BCUT2D eigenvalue weighted by atomic mass is 10.1. The van der Waals surface area contributed by atoms with Gasteiger partial charge < -0.3 is 4.90 Å². The molecule has 2 heterocycles. The summed E-state index contributed by atoms with van der Waals surface area (Å²) in [6.07, 6.45) is 2.94. The zero-order valence-corrected chi connectivity index (χ0v) is 15.0. The Balaban J connectivity index is 2.24. The fourth-order valence-electron chi connectivity index (χ4n) is 2.87. The minimum Gasteiger partial charge on any atom is -0.353 e. The fourth-order valence-corrected chi connectivity index (χ4v) is 4.04. The minimum atomic E-state index is -3.22. The molecular weight excluding hydrogens is 319 g/mol. The summed E-state index contributed by atoms with van der Waals surface area (Å²) >= 11 is 0. The van der Waals surface area contributed by atoms with E-state index in [4.69, 9.17) is 0 Å². The van der Waals surface area contributed by atoms with E-state index in [9.17, 15) is 12.8 Å². The first-order chi connectivity index (χ1) is 10.8. The second-order valence-corrected chi connectivity index (χ2v) is 8.47. The Morgan fingerprint density at radius 3 is 2.74 bits per heavy atom. The average Bonchev–Trinajstić information content (AvgIpc) is 2.54. The maximum Gasteiger partial charge on any atom is 0.213 e. The number of hydrogen-bond donors (Lipinski definition) is 0. The molecule has 1 atom stereocenters. The zero-order chi connectivity index (χ0) is 17.2. The summed E-state index contributed by atoms with van der Waals surface area (Å²) in [4.78, 5) is 9.84. The van der Waals surface area contributed by atoms with Gasteiger partial charge in [-0.25, -0.2) is 22.8 Å². The first kappa shape index (κ1) is 18.1. The van der Waals surface area contributed by atoms with Crippen molar-refractivity contribution in [2.45, 2.75) is 45.6 Å². The second-order valence-electron chi connectivity index (χ2n) is 6.22. The van der Waals surface area contributed by atoms with E-state index >= 15 is 0 Å². The second kappa shape index (κ2) is 7.09. The van der Waals surface area contributed by atoms with Crippen molar-refractivity contribution in [1.29, 1.82) is 0 Å². The van der Waals surface area contributed by atoms with Gasteiger partial charge in [-0.05, 0) is 25.7 Å². The van der Waals surface area contributed by atoms with Crippen molar-refractivity contribution in [2.24, 2.45) is 0 Å². The average molecular weight is 344 g/mol. The topological polar surface area (TPSA) is 66.4 Å². The maximum absolute atomic E-state index is 14.6. The maximum atomic E-state index is 14.6. The van der Waals surface area contributed by atoms with Gasteiger partial charge in [-0.1, -0.05) is 13.8 Å². The summed E-state index contributed by atoms with van der Waals surface area (Å²) in [7, 11) is -1.46. The summed E-state index contributed by atoms with van der Waals surface area (Å²) in [5.74, 6) is -0.124. The molecule has 0 N–H and O–H groups in total. The Labute approximate surface area is 137 Å². The Morgan fingerprint density at radius 1 is 1.43 bits per heavy atom. The summed E-state index contributed by atoms with van der Waals surface area (Å²) in [6.45, 7) is 6.30. The van der Waals surface area contributed by atoms with Crippen molar-refractivity contribution < 1.29 is 12.8 Å². The molecule has 1 saturated heterocycles. The van der Waals surface area contributed by atoms with Gasteiger partial charge in [0.15, 0.2) is 11.6 Å². The predicted octanol–water partition coefficient (Wildman–Crippen LogP) is 1.99. The Kier molecular flexibility index (Phi) is 5.57. The smallest absolute Gasteiger partial charge is 0.213 e. The predicted molar refractivity (Wildman–Crippen MR) is 88.5 cm³/mol. The quantitative estimate of drug-likeness (QED) is 0.817. The van der Waals surface area contributed by atoms with Gasteiger partial charge in [0.1, 0.15) is 6.33 Å². The van der Waals surface area contributed by atoms with Gasteiger partial charge in [-0.2, -0.15) is 4.31 Å². The van der Waals surface area contributed by atoms with Crippen molar-refractivity contribution in [2.75, 3.05) is 30.8 Å². The van der Waals surface area contributed by atoms with Crippen LogP contribution in [0.1, 0.15) is 45.2 Å². The Morgan fingerprint density at radius 2 is 2.13 bits per heavy atom. The molecule has 0 radical (unpaired) electrons. The number of aromatic nitrogens is 2. The van der Waals surface area contributed by atoms with Crippen LogP contribution in [0.5, 0.6) is 0 Å². The van der Waals surface area contributed by atoms with Crippen molar-refractivity contribution >= 4 is 15.8 Å². The van der Waals surface area contributed by atoms with Crippen molar-refractivity contribution in [3.63, 3.8) is 0 Å². The summed E-state index contributed by atoms with van der Waals surface area (Å²) in [6, 6.07) is -0.0884. The minimum absolute atomic E-state index is 0.0338.